The molecule has 0 saturated carbocycles. The van der Waals surface area contributed by atoms with E-state index in [1.165, 1.54) is 6.26 Å². The van der Waals surface area contributed by atoms with Crippen LogP contribution in [0.4, 0.5) is 26.3 Å². The average molecular weight is 556 g/mol. The van der Waals surface area contributed by atoms with Crippen LogP contribution in [0.3, 0.4) is 0 Å². The summed E-state index contributed by atoms with van der Waals surface area (Å²) in [5, 5.41) is 14.2. The maximum absolute atomic E-state index is 11.9. The lowest BCUT2D eigenvalue weighted by atomic mass is 9.88. The normalized spacial score (nSPS) is 21.7. The van der Waals surface area contributed by atoms with Crippen LogP contribution >= 0.6 is 0 Å². The van der Waals surface area contributed by atoms with E-state index in [4.69, 9.17) is 24.5 Å². The van der Waals surface area contributed by atoms with Gasteiger partial charge in [0.1, 0.15) is 5.82 Å². The molecule has 36 heavy (non-hydrogen) atoms. The first kappa shape index (κ1) is 31.6. The summed E-state index contributed by atoms with van der Waals surface area (Å²) >= 11 is 0. The number of aryl methyl sites for hydroxylation is 1. The van der Waals surface area contributed by atoms with Gasteiger partial charge in [-0.3, -0.25) is 4.90 Å². The second-order valence-electron chi connectivity index (χ2n) is 8.17. The molecule has 2 aliphatic rings. The van der Waals surface area contributed by atoms with E-state index in [0.717, 1.165) is 31.9 Å². The highest BCUT2D eigenvalue weighted by molar-refractivity contribution is 7.88. The fourth-order valence-electron chi connectivity index (χ4n) is 3.40. The van der Waals surface area contributed by atoms with Crippen molar-refractivity contribution in [1.29, 1.82) is 0 Å². The summed E-state index contributed by atoms with van der Waals surface area (Å²) in [6, 6.07) is 0. The van der Waals surface area contributed by atoms with Crippen LogP contribution in [0.25, 0.3) is 0 Å². The minimum absolute atomic E-state index is 0.0925. The van der Waals surface area contributed by atoms with Crippen molar-refractivity contribution < 1.29 is 59.3 Å². The van der Waals surface area contributed by atoms with E-state index < -0.39 is 34.3 Å². The Bertz CT molecular complexity index is 975. The zero-order chi connectivity index (χ0) is 27.9. The van der Waals surface area contributed by atoms with E-state index in [9.17, 15) is 34.8 Å². The maximum Gasteiger partial charge on any atom is 0.490 e. The minimum Gasteiger partial charge on any atom is -0.475 e. The molecular formula is C18H26F6N4O7S. The lowest BCUT2D eigenvalue weighted by Crippen LogP contribution is -2.42. The molecule has 1 atom stereocenters. The zero-order valence-electron chi connectivity index (χ0n) is 19.2. The molecule has 1 spiro atoms. The summed E-state index contributed by atoms with van der Waals surface area (Å²) in [6.45, 7) is 4.73. The van der Waals surface area contributed by atoms with Gasteiger partial charge < -0.3 is 19.5 Å². The van der Waals surface area contributed by atoms with Gasteiger partial charge in [-0.2, -0.15) is 30.6 Å². The van der Waals surface area contributed by atoms with Crippen LogP contribution < -0.4 is 0 Å². The molecule has 3 heterocycles. The van der Waals surface area contributed by atoms with Crippen molar-refractivity contribution in [3.05, 3.63) is 18.2 Å². The molecule has 0 aliphatic carbocycles. The number of imidazole rings is 1. The second kappa shape index (κ2) is 12.2. The van der Waals surface area contributed by atoms with E-state index in [1.807, 2.05) is 17.8 Å². The number of nitrogens with zero attached hydrogens (tertiary/aromatic N) is 4. The van der Waals surface area contributed by atoms with E-state index >= 15 is 0 Å². The lowest BCUT2D eigenvalue weighted by molar-refractivity contribution is -0.193. The molecule has 208 valence electrons. The third-order valence-electron chi connectivity index (χ3n) is 5.16. The van der Waals surface area contributed by atoms with Crippen LogP contribution in [0.2, 0.25) is 0 Å². The van der Waals surface area contributed by atoms with Gasteiger partial charge >= 0.3 is 24.3 Å². The fraction of sp³-hybridized carbons (Fsp3) is 0.722. The highest BCUT2D eigenvalue weighted by Crippen LogP contribution is 2.34. The van der Waals surface area contributed by atoms with Crippen LogP contribution in [0.15, 0.2) is 12.4 Å². The number of carboxylic acids is 2. The Morgan fingerprint density at radius 3 is 2.03 bits per heavy atom. The molecule has 0 bridgehead atoms. The number of likely N-dealkylation sites (tertiary alicyclic amines) is 1. The van der Waals surface area contributed by atoms with E-state index in [0.29, 0.717) is 26.3 Å². The molecule has 0 aromatic carbocycles. The predicted molar refractivity (Wildman–Crippen MR) is 110 cm³/mol. The number of hydrogen-bond donors (Lipinski definition) is 2. The number of hydrogen-bond acceptors (Lipinski definition) is 7. The Kier molecular flexibility index (Phi) is 10.7. The first-order valence-electron chi connectivity index (χ1n) is 10.1. The standard InChI is InChI=1S/C14H24N4O3S.2C2HF3O2/c1-16-6-4-15-13(16)9-17-5-3-14(10-17)11-18(22(2,19)20)7-8-21-12-14;2*3-2(4,5)1(6)7/h4,6H,3,5,7-12H2,1-2H3;2*(H,6,7). The molecule has 2 fully saturated rings. The van der Waals surface area contributed by atoms with Gasteiger partial charge in [-0.05, 0) is 13.0 Å². The summed E-state index contributed by atoms with van der Waals surface area (Å²) in [7, 11) is -1.17. The topological polar surface area (TPSA) is 142 Å². The summed E-state index contributed by atoms with van der Waals surface area (Å²) in [4.78, 5) is 24.5. The van der Waals surface area contributed by atoms with Crippen molar-refractivity contribution in [2.24, 2.45) is 12.5 Å². The van der Waals surface area contributed by atoms with Gasteiger partial charge in [0.15, 0.2) is 0 Å². The highest BCUT2D eigenvalue weighted by Gasteiger charge is 2.43. The predicted octanol–water partition coefficient (Wildman–Crippen LogP) is 1.17. The van der Waals surface area contributed by atoms with Gasteiger partial charge in [-0.15, -0.1) is 0 Å². The highest BCUT2D eigenvalue weighted by atomic mass is 32.2. The quantitative estimate of drug-likeness (QED) is 0.525. The van der Waals surface area contributed by atoms with Crippen molar-refractivity contribution >= 4 is 22.0 Å². The molecule has 3 rings (SSSR count). The van der Waals surface area contributed by atoms with Crippen LogP contribution in [-0.2, 0) is 37.9 Å². The van der Waals surface area contributed by atoms with Gasteiger partial charge in [0.2, 0.25) is 10.0 Å². The molecule has 18 heteroatoms. The number of rotatable bonds is 3. The largest absolute Gasteiger partial charge is 0.490 e. The number of ether oxygens (including phenoxy) is 1. The molecular weight excluding hydrogens is 530 g/mol. The summed E-state index contributed by atoms with van der Waals surface area (Å²) in [6.07, 6.45) is -4.17. The van der Waals surface area contributed by atoms with Gasteiger partial charge in [-0.1, -0.05) is 0 Å². The molecule has 2 saturated heterocycles. The average Bonchev–Trinajstić information content (AvgIpc) is 3.21. The number of carboxylic acid groups (broad SMARTS) is 2. The number of carbonyl (C=O) groups is 2. The molecule has 1 aromatic heterocycles. The lowest BCUT2D eigenvalue weighted by Gasteiger charge is -2.30. The molecule has 2 N–H and O–H groups in total. The Morgan fingerprint density at radius 1 is 1.08 bits per heavy atom. The number of alkyl halides is 6. The molecule has 1 unspecified atom stereocenters. The number of sulfonamides is 1. The fourth-order valence-corrected chi connectivity index (χ4v) is 4.31. The Morgan fingerprint density at radius 2 is 1.61 bits per heavy atom. The Balaban J connectivity index is 0.000000383. The van der Waals surface area contributed by atoms with Gasteiger partial charge in [0, 0.05) is 44.5 Å². The van der Waals surface area contributed by atoms with Crippen molar-refractivity contribution in [3.8, 4) is 0 Å². The summed E-state index contributed by atoms with van der Waals surface area (Å²) in [5.41, 5.74) is -0.0925. The van der Waals surface area contributed by atoms with Crippen molar-refractivity contribution in [2.75, 3.05) is 45.6 Å². The third kappa shape index (κ3) is 10.3. The first-order chi connectivity index (χ1) is 16.3. The third-order valence-corrected chi connectivity index (χ3v) is 6.41. The smallest absolute Gasteiger partial charge is 0.475 e. The van der Waals surface area contributed by atoms with Crippen molar-refractivity contribution in [2.45, 2.75) is 25.3 Å². The number of halogens is 6. The summed E-state index contributed by atoms with van der Waals surface area (Å²) in [5.74, 6) is -4.48. The molecule has 2 aliphatic heterocycles. The first-order valence-corrected chi connectivity index (χ1v) is 11.9. The minimum atomic E-state index is -5.08. The molecule has 11 nitrogen and oxygen atoms in total. The maximum atomic E-state index is 11.9. The van der Waals surface area contributed by atoms with Gasteiger partial charge in [0.25, 0.3) is 0 Å². The Hall–Kier alpha value is -2.44. The molecule has 1 aromatic rings. The van der Waals surface area contributed by atoms with Crippen LogP contribution in [0, 0.1) is 5.41 Å². The Labute approximate surface area is 202 Å². The van der Waals surface area contributed by atoms with Crippen molar-refractivity contribution in [1.82, 2.24) is 18.8 Å². The van der Waals surface area contributed by atoms with E-state index in [1.54, 1.807) is 10.5 Å². The van der Waals surface area contributed by atoms with E-state index in [-0.39, 0.29) is 5.41 Å². The monoisotopic (exact) mass is 556 g/mol. The summed E-state index contributed by atoms with van der Waals surface area (Å²) < 4.78 is 96.6. The number of aromatic nitrogens is 2. The van der Waals surface area contributed by atoms with Crippen LogP contribution in [0.1, 0.15) is 12.2 Å². The SMILES string of the molecule is Cn1ccnc1CN1CCC2(COCCN(S(C)(=O)=O)C2)C1.O=C(O)C(F)(F)F.O=C(O)C(F)(F)F. The zero-order valence-corrected chi connectivity index (χ0v) is 20.0. The van der Waals surface area contributed by atoms with Crippen LogP contribution in [-0.4, -0.2) is 107 Å². The van der Waals surface area contributed by atoms with Crippen molar-refractivity contribution in [3.63, 3.8) is 0 Å². The van der Waals surface area contributed by atoms with E-state index in [2.05, 4.69) is 9.88 Å². The molecule has 0 radical (unpaired) electrons. The van der Waals surface area contributed by atoms with Gasteiger partial charge in [-0.25, -0.2) is 23.0 Å². The second-order valence-corrected chi connectivity index (χ2v) is 10.2. The van der Waals surface area contributed by atoms with Gasteiger partial charge in [0.05, 0.1) is 26.0 Å². The molecule has 0 amide bonds. The number of aliphatic carboxylic acids is 2. The van der Waals surface area contributed by atoms with Crippen LogP contribution in [0.5, 0.6) is 0 Å².